The topological polar surface area (TPSA) is 69.4 Å². The summed E-state index contributed by atoms with van der Waals surface area (Å²) in [4.78, 5) is 22.0. The third-order valence-electron chi connectivity index (χ3n) is 2.65. The van der Waals surface area contributed by atoms with Gasteiger partial charge in [0.1, 0.15) is 12.4 Å². The van der Waals surface area contributed by atoms with Crippen molar-refractivity contribution in [3.63, 3.8) is 0 Å². The molecule has 5 nitrogen and oxygen atoms in total. The lowest BCUT2D eigenvalue weighted by atomic mass is 9.91. The van der Waals surface area contributed by atoms with Gasteiger partial charge in [0.25, 0.3) is 5.69 Å². The second kappa shape index (κ2) is 5.16. The molecule has 1 aromatic rings. The van der Waals surface area contributed by atoms with Gasteiger partial charge in [-0.3, -0.25) is 14.9 Å². The van der Waals surface area contributed by atoms with E-state index < -0.39 is 10.3 Å². The first kappa shape index (κ1) is 14.2. The fourth-order valence-corrected chi connectivity index (χ4v) is 1.32. The Morgan fingerprint density at radius 1 is 1.39 bits per heavy atom. The third-order valence-corrected chi connectivity index (χ3v) is 2.65. The van der Waals surface area contributed by atoms with Crippen LogP contribution in [0.1, 0.15) is 26.3 Å². The van der Waals surface area contributed by atoms with Crippen molar-refractivity contribution in [1.82, 2.24) is 0 Å². The highest BCUT2D eigenvalue weighted by Crippen LogP contribution is 2.27. The van der Waals surface area contributed by atoms with Gasteiger partial charge < -0.3 is 4.74 Å². The average Bonchev–Trinajstić information content (AvgIpc) is 2.25. The molecule has 1 aromatic carbocycles. The summed E-state index contributed by atoms with van der Waals surface area (Å²) in [6, 6.07) is 4.58. The zero-order valence-electron chi connectivity index (χ0n) is 11.0. The fourth-order valence-electron chi connectivity index (χ4n) is 1.32. The van der Waals surface area contributed by atoms with Crippen LogP contribution in [-0.4, -0.2) is 17.3 Å². The summed E-state index contributed by atoms with van der Waals surface area (Å²) in [7, 11) is 0. The number of carbonyl (C=O) groups is 1. The van der Waals surface area contributed by atoms with Gasteiger partial charge in [-0.25, -0.2) is 0 Å². The van der Waals surface area contributed by atoms with Crippen LogP contribution in [0.15, 0.2) is 18.2 Å². The van der Waals surface area contributed by atoms with E-state index in [1.807, 2.05) is 0 Å². The Bertz CT molecular complexity index is 474. The molecule has 0 amide bonds. The highest BCUT2D eigenvalue weighted by atomic mass is 16.6. The number of nitrogens with zero attached hydrogens (tertiary/aromatic N) is 1. The van der Waals surface area contributed by atoms with Crippen molar-refractivity contribution < 1.29 is 14.5 Å². The van der Waals surface area contributed by atoms with Gasteiger partial charge >= 0.3 is 0 Å². The van der Waals surface area contributed by atoms with Crippen LogP contribution < -0.4 is 4.74 Å². The van der Waals surface area contributed by atoms with Crippen molar-refractivity contribution in [3.05, 3.63) is 33.9 Å². The molecule has 5 heteroatoms. The van der Waals surface area contributed by atoms with Crippen LogP contribution in [0, 0.1) is 22.5 Å². The largest absolute Gasteiger partial charge is 0.485 e. The van der Waals surface area contributed by atoms with Gasteiger partial charge in [0.15, 0.2) is 5.78 Å². The van der Waals surface area contributed by atoms with E-state index in [9.17, 15) is 14.9 Å². The SMILES string of the molecule is Cc1c(OCC(=O)C(C)(C)C)cccc1[N+](=O)[O-]. The molecule has 0 unspecified atom stereocenters. The molecule has 0 heterocycles. The normalized spacial score (nSPS) is 11.1. The average molecular weight is 251 g/mol. The Morgan fingerprint density at radius 2 is 2.00 bits per heavy atom. The number of ketones is 1. The van der Waals surface area contributed by atoms with Gasteiger partial charge in [-0.05, 0) is 13.0 Å². The zero-order chi connectivity index (χ0) is 13.9. The Balaban J connectivity index is 2.84. The van der Waals surface area contributed by atoms with Crippen molar-refractivity contribution in [3.8, 4) is 5.75 Å². The van der Waals surface area contributed by atoms with E-state index in [0.29, 0.717) is 11.3 Å². The summed E-state index contributed by atoms with van der Waals surface area (Å²) in [6.45, 7) is 6.94. The predicted molar refractivity (Wildman–Crippen MR) is 67.8 cm³/mol. The Labute approximate surface area is 106 Å². The molecule has 0 aliphatic carbocycles. The fraction of sp³-hybridized carbons (Fsp3) is 0.462. The summed E-state index contributed by atoms with van der Waals surface area (Å²) in [5.74, 6) is 0.329. The molecule has 0 atom stereocenters. The van der Waals surface area contributed by atoms with E-state index in [0.717, 1.165) is 0 Å². The van der Waals surface area contributed by atoms with Gasteiger partial charge in [0, 0.05) is 11.5 Å². The lowest BCUT2D eigenvalue weighted by Crippen LogP contribution is -2.26. The van der Waals surface area contributed by atoms with E-state index in [-0.39, 0.29) is 18.1 Å². The van der Waals surface area contributed by atoms with Crippen LogP contribution in [0.2, 0.25) is 0 Å². The molecule has 1 rings (SSSR count). The van der Waals surface area contributed by atoms with Gasteiger partial charge in [-0.1, -0.05) is 26.8 Å². The Morgan fingerprint density at radius 3 is 2.50 bits per heavy atom. The van der Waals surface area contributed by atoms with Gasteiger partial charge in [0.05, 0.1) is 10.5 Å². The molecule has 0 N–H and O–H groups in total. The minimum atomic E-state index is -0.478. The van der Waals surface area contributed by atoms with Crippen molar-refractivity contribution >= 4 is 11.5 Å². The summed E-state index contributed by atoms with van der Waals surface area (Å²) >= 11 is 0. The smallest absolute Gasteiger partial charge is 0.276 e. The quantitative estimate of drug-likeness (QED) is 0.609. The summed E-state index contributed by atoms with van der Waals surface area (Å²) in [5, 5.41) is 10.8. The van der Waals surface area contributed by atoms with Gasteiger partial charge in [0.2, 0.25) is 0 Å². The standard InChI is InChI=1S/C13H17NO4/c1-9-10(14(16)17)6-5-7-11(9)18-8-12(15)13(2,3)4/h5-7H,8H2,1-4H3. The highest BCUT2D eigenvalue weighted by molar-refractivity contribution is 5.85. The molecule has 0 bridgehead atoms. The second-order valence-corrected chi connectivity index (χ2v) is 5.12. The molecule has 0 fully saturated rings. The van der Waals surface area contributed by atoms with Crippen LogP contribution in [-0.2, 0) is 4.79 Å². The van der Waals surface area contributed by atoms with Crippen LogP contribution in [0.5, 0.6) is 5.75 Å². The molecule has 98 valence electrons. The molecular formula is C13H17NO4. The molecule has 0 aromatic heterocycles. The van der Waals surface area contributed by atoms with Crippen LogP contribution in [0.4, 0.5) is 5.69 Å². The molecule has 0 aliphatic rings. The van der Waals surface area contributed by atoms with E-state index in [1.54, 1.807) is 39.8 Å². The summed E-state index contributed by atoms with van der Waals surface area (Å²) < 4.78 is 5.36. The van der Waals surface area contributed by atoms with Crippen molar-refractivity contribution in [1.29, 1.82) is 0 Å². The third kappa shape index (κ3) is 3.29. The predicted octanol–water partition coefficient (Wildman–Crippen LogP) is 2.90. The van der Waals surface area contributed by atoms with E-state index in [1.165, 1.54) is 6.07 Å². The maximum absolute atomic E-state index is 11.7. The first-order valence-corrected chi connectivity index (χ1v) is 5.63. The Kier molecular flexibility index (Phi) is 4.06. The van der Waals surface area contributed by atoms with Crippen LogP contribution >= 0.6 is 0 Å². The molecular weight excluding hydrogens is 234 g/mol. The minimum Gasteiger partial charge on any atom is -0.485 e. The number of nitro benzene ring substituents is 1. The number of hydrogen-bond acceptors (Lipinski definition) is 4. The van der Waals surface area contributed by atoms with Crippen LogP contribution in [0.3, 0.4) is 0 Å². The van der Waals surface area contributed by atoms with Gasteiger partial charge in [-0.2, -0.15) is 0 Å². The second-order valence-electron chi connectivity index (χ2n) is 5.12. The maximum Gasteiger partial charge on any atom is 0.276 e. The minimum absolute atomic E-state index is 0.00397. The molecule has 0 radical (unpaired) electrons. The molecule has 0 saturated carbocycles. The van der Waals surface area contributed by atoms with Gasteiger partial charge in [-0.15, -0.1) is 0 Å². The van der Waals surface area contributed by atoms with Crippen molar-refractivity contribution in [2.75, 3.05) is 6.61 Å². The number of carbonyl (C=O) groups excluding carboxylic acids is 1. The number of Topliss-reactive ketones (excluding diaryl/α,β-unsaturated/α-hetero) is 1. The molecule has 0 spiro atoms. The van der Waals surface area contributed by atoms with Crippen molar-refractivity contribution in [2.45, 2.75) is 27.7 Å². The molecule has 0 aliphatic heterocycles. The molecule has 0 saturated heterocycles. The lowest BCUT2D eigenvalue weighted by molar-refractivity contribution is -0.385. The highest BCUT2D eigenvalue weighted by Gasteiger charge is 2.22. The number of nitro groups is 1. The van der Waals surface area contributed by atoms with Crippen LogP contribution in [0.25, 0.3) is 0 Å². The first-order valence-electron chi connectivity index (χ1n) is 5.63. The van der Waals surface area contributed by atoms with E-state index in [2.05, 4.69) is 0 Å². The maximum atomic E-state index is 11.7. The van der Waals surface area contributed by atoms with Crippen molar-refractivity contribution in [2.24, 2.45) is 5.41 Å². The first-order chi connectivity index (χ1) is 8.23. The van der Waals surface area contributed by atoms with E-state index in [4.69, 9.17) is 4.74 Å². The summed E-state index contributed by atoms with van der Waals surface area (Å²) in [5.41, 5.74) is -0.0471. The number of hydrogen-bond donors (Lipinski definition) is 0. The lowest BCUT2D eigenvalue weighted by Gasteiger charge is -2.17. The number of ether oxygens (including phenoxy) is 1. The summed E-state index contributed by atoms with van der Waals surface area (Å²) in [6.07, 6.45) is 0. The number of rotatable bonds is 4. The number of benzene rings is 1. The van der Waals surface area contributed by atoms with E-state index >= 15 is 0 Å². The Hall–Kier alpha value is -1.91. The molecule has 18 heavy (non-hydrogen) atoms. The zero-order valence-corrected chi connectivity index (χ0v) is 11.0. The monoisotopic (exact) mass is 251 g/mol.